The highest BCUT2D eigenvalue weighted by Gasteiger charge is 2.21. The Labute approximate surface area is 125 Å². The van der Waals surface area contributed by atoms with Crippen LogP contribution in [0.2, 0.25) is 0 Å². The summed E-state index contributed by atoms with van der Waals surface area (Å²) in [5, 5.41) is 13.7. The molecule has 0 rings (SSSR count). The first kappa shape index (κ1) is 19.7. The predicted molar refractivity (Wildman–Crippen MR) is 78.0 cm³/mol. The highest BCUT2D eigenvalue weighted by atomic mass is 32.2. The van der Waals surface area contributed by atoms with Crippen LogP contribution in [0.15, 0.2) is 0 Å². The molecule has 3 N–H and O–H groups in total. The van der Waals surface area contributed by atoms with Gasteiger partial charge < -0.3 is 20.5 Å². The molecule has 0 saturated heterocycles. The minimum Gasteiger partial charge on any atom is -0.480 e. The molecule has 0 aromatic rings. The zero-order chi connectivity index (χ0) is 16.3. The van der Waals surface area contributed by atoms with Gasteiger partial charge >= 0.3 is 12.0 Å². The maximum Gasteiger partial charge on any atom is 0.326 e. The highest BCUT2D eigenvalue weighted by molar-refractivity contribution is 7.90. The number of sulfone groups is 1. The number of carbonyl (C=O) groups is 2. The van der Waals surface area contributed by atoms with Gasteiger partial charge in [0, 0.05) is 26.0 Å². The molecule has 0 aliphatic heterocycles. The number of carboxylic acids is 1. The zero-order valence-corrected chi connectivity index (χ0v) is 13.2. The normalized spacial score (nSPS) is 12.7. The Balaban J connectivity index is 3.98. The van der Waals surface area contributed by atoms with Crippen molar-refractivity contribution in [1.29, 1.82) is 0 Å². The van der Waals surface area contributed by atoms with Crippen LogP contribution in [0, 0.1) is 0 Å². The Morgan fingerprint density at radius 3 is 2.48 bits per heavy atom. The van der Waals surface area contributed by atoms with Crippen molar-refractivity contribution in [3.05, 3.63) is 0 Å². The summed E-state index contributed by atoms with van der Waals surface area (Å²) in [6.45, 7) is 3.53. The van der Waals surface area contributed by atoms with E-state index in [0.717, 1.165) is 12.7 Å². The van der Waals surface area contributed by atoms with Gasteiger partial charge in [-0.2, -0.15) is 0 Å². The molecule has 1 atom stereocenters. The Morgan fingerprint density at radius 2 is 1.95 bits per heavy atom. The molecule has 0 spiro atoms. The van der Waals surface area contributed by atoms with Crippen molar-refractivity contribution in [3.63, 3.8) is 0 Å². The average Bonchev–Trinajstić information content (AvgIpc) is 2.37. The van der Waals surface area contributed by atoms with Crippen LogP contribution in [-0.2, 0) is 19.4 Å². The second-order valence-corrected chi connectivity index (χ2v) is 6.94. The van der Waals surface area contributed by atoms with E-state index in [2.05, 4.69) is 10.6 Å². The Kier molecular flexibility index (Phi) is 9.72. The van der Waals surface area contributed by atoms with Crippen molar-refractivity contribution in [3.8, 4) is 0 Å². The number of ether oxygens (including phenoxy) is 1. The molecule has 0 fully saturated rings. The summed E-state index contributed by atoms with van der Waals surface area (Å²) >= 11 is 0. The third-order valence-electron chi connectivity index (χ3n) is 2.48. The molecule has 8 nitrogen and oxygen atoms in total. The number of carboxylic acid groups (broad SMARTS) is 1. The number of hydrogen-bond donors (Lipinski definition) is 3. The average molecular weight is 324 g/mol. The molecular formula is C12H24N2O6S. The quantitative estimate of drug-likeness (QED) is 0.460. The van der Waals surface area contributed by atoms with Crippen LogP contribution in [0.1, 0.15) is 26.2 Å². The highest BCUT2D eigenvalue weighted by Crippen LogP contribution is 1.97. The number of aliphatic carboxylic acids is 1. The van der Waals surface area contributed by atoms with Crippen molar-refractivity contribution in [2.45, 2.75) is 32.2 Å². The maximum absolute atomic E-state index is 11.5. The van der Waals surface area contributed by atoms with Crippen LogP contribution in [-0.4, -0.2) is 63.3 Å². The van der Waals surface area contributed by atoms with Gasteiger partial charge in [0.05, 0.1) is 5.75 Å². The van der Waals surface area contributed by atoms with Gasteiger partial charge in [0.15, 0.2) is 0 Å². The standard InChI is InChI=1S/C12H24N2O6S/c1-3-7-20-8-4-6-13-12(17)14-10(11(15)16)5-9-21(2,18)19/h10H,3-9H2,1-2H3,(H,15,16)(H2,13,14,17). The Morgan fingerprint density at radius 1 is 1.29 bits per heavy atom. The topological polar surface area (TPSA) is 122 Å². The van der Waals surface area contributed by atoms with Crippen molar-refractivity contribution in [1.82, 2.24) is 10.6 Å². The Bertz CT molecular complexity index is 423. The summed E-state index contributed by atoms with van der Waals surface area (Å²) in [4.78, 5) is 22.4. The van der Waals surface area contributed by atoms with Gasteiger partial charge in [-0.1, -0.05) is 6.92 Å². The van der Waals surface area contributed by atoms with E-state index in [4.69, 9.17) is 9.84 Å². The first-order chi connectivity index (χ1) is 9.76. The SMILES string of the molecule is CCCOCCCNC(=O)NC(CCS(C)(=O)=O)C(=O)O. The molecule has 9 heteroatoms. The second-order valence-electron chi connectivity index (χ2n) is 4.68. The number of nitrogens with one attached hydrogen (secondary N) is 2. The lowest BCUT2D eigenvalue weighted by molar-refractivity contribution is -0.139. The third-order valence-corrected chi connectivity index (χ3v) is 3.46. The van der Waals surface area contributed by atoms with E-state index in [0.29, 0.717) is 26.2 Å². The first-order valence-corrected chi connectivity index (χ1v) is 8.85. The lowest BCUT2D eigenvalue weighted by atomic mass is 10.2. The molecule has 0 aliphatic carbocycles. The van der Waals surface area contributed by atoms with E-state index in [1.165, 1.54) is 0 Å². The van der Waals surface area contributed by atoms with Gasteiger partial charge in [0.25, 0.3) is 0 Å². The molecule has 0 aromatic heterocycles. The predicted octanol–water partition coefficient (Wildman–Crippen LogP) is -0.00980. The van der Waals surface area contributed by atoms with Crippen LogP contribution >= 0.6 is 0 Å². The van der Waals surface area contributed by atoms with Crippen molar-refractivity contribution >= 4 is 21.8 Å². The maximum atomic E-state index is 11.5. The number of hydrogen-bond acceptors (Lipinski definition) is 5. The number of amides is 2. The van der Waals surface area contributed by atoms with Crippen LogP contribution in [0.4, 0.5) is 4.79 Å². The summed E-state index contributed by atoms with van der Waals surface area (Å²) in [5.41, 5.74) is 0. The summed E-state index contributed by atoms with van der Waals surface area (Å²) < 4.78 is 27.2. The van der Waals surface area contributed by atoms with Crippen LogP contribution in [0.25, 0.3) is 0 Å². The zero-order valence-electron chi connectivity index (χ0n) is 12.4. The van der Waals surface area contributed by atoms with E-state index in [1.54, 1.807) is 0 Å². The van der Waals surface area contributed by atoms with Crippen molar-refractivity contribution in [2.75, 3.05) is 31.8 Å². The van der Waals surface area contributed by atoms with Crippen LogP contribution in [0.3, 0.4) is 0 Å². The molecule has 0 saturated carbocycles. The molecule has 0 bridgehead atoms. The fourth-order valence-corrected chi connectivity index (χ4v) is 2.08. The summed E-state index contributed by atoms with van der Waals surface area (Å²) in [5.74, 6) is -1.56. The van der Waals surface area contributed by atoms with Gasteiger partial charge in [-0.3, -0.25) is 0 Å². The van der Waals surface area contributed by atoms with Gasteiger partial charge in [-0.05, 0) is 19.3 Å². The van der Waals surface area contributed by atoms with Crippen LogP contribution < -0.4 is 10.6 Å². The third kappa shape index (κ3) is 12.1. The molecular weight excluding hydrogens is 300 g/mol. The van der Waals surface area contributed by atoms with E-state index >= 15 is 0 Å². The number of urea groups is 1. The van der Waals surface area contributed by atoms with E-state index < -0.39 is 27.9 Å². The van der Waals surface area contributed by atoms with E-state index in [-0.39, 0.29) is 12.2 Å². The largest absolute Gasteiger partial charge is 0.480 e. The minimum atomic E-state index is -3.27. The molecule has 2 amide bonds. The smallest absolute Gasteiger partial charge is 0.326 e. The molecule has 21 heavy (non-hydrogen) atoms. The van der Waals surface area contributed by atoms with Crippen LogP contribution in [0.5, 0.6) is 0 Å². The monoisotopic (exact) mass is 324 g/mol. The summed E-state index contributed by atoms with van der Waals surface area (Å²) in [6, 6.07) is -1.86. The molecule has 0 aromatic carbocycles. The van der Waals surface area contributed by atoms with Gasteiger partial charge in [0.2, 0.25) is 0 Å². The first-order valence-electron chi connectivity index (χ1n) is 6.79. The van der Waals surface area contributed by atoms with Gasteiger partial charge in [-0.25, -0.2) is 18.0 Å². The summed E-state index contributed by atoms with van der Waals surface area (Å²) in [6.07, 6.45) is 2.40. The fourth-order valence-electron chi connectivity index (χ4n) is 1.42. The number of rotatable bonds is 11. The van der Waals surface area contributed by atoms with Crippen molar-refractivity contribution < 1.29 is 27.9 Å². The molecule has 0 heterocycles. The Hall–Kier alpha value is -1.35. The second kappa shape index (κ2) is 10.4. The molecule has 0 aliphatic rings. The molecule has 1 unspecified atom stereocenters. The number of carbonyl (C=O) groups excluding carboxylic acids is 1. The molecule has 0 radical (unpaired) electrons. The summed E-state index contributed by atoms with van der Waals surface area (Å²) in [7, 11) is -3.27. The lowest BCUT2D eigenvalue weighted by Crippen LogP contribution is -2.47. The lowest BCUT2D eigenvalue weighted by Gasteiger charge is -2.14. The van der Waals surface area contributed by atoms with Gasteiger partial charge in [0.1, 0.15) is 15.9 Å². The van der Waals surface area contributed by atoms with Crippen molar-refractivity contribution in [2.24, 2.45) is 0 Å². The molecule has 124 valence electrons. The van der Waals surface area contributed by atoms with E-state index in [1.807, 2.05) is 6.92 Å². The van der Waals surface area contributed by atoms with Gasteiger partial charge in [-0.15, -0.1) is 0 Å². The minimum absolute atomic E-state index is 0.165. The van der Waals surface area contributed by atoms with E-state index in [9.17, 15) is 18.0 Å². The fraction of sp³-hybridized carbons (Fsp3) is 0.833.